The Labute approximate surface area is 120 Å². The number of aromatic nitrogens is 2. The minimum atomic E-state index is 0.647. The van der Waals surface area contributed by atoms with Gasteiger partial charge in [0.1, 0.15) is 0 Å². The Bertz CT molecular complexity index is 486. The first-order chi connectivity index (χ1) is 9.90. The molecule has 1 aliphatic rings. The molecule has 1 saturated heterocycles. The molecule has 0 radical (unpaired) electrons. The fourth-order valence-electron chi connectivity index (χ4n) is 2.77. The van der Waals surface area contributed by atoms with Gasteiger partial charge in [0.05, 0.1) is 0 Å². The van der Waals surface area contributed by atoms with Crippen LogP contribution in [0.1, 0.15) is 24.1 Å². The zero-order valence-electron chi connectivity index (χ0n) is 11.8. The van der Waals surface area contributed by atoms with E-state index in [1.807, 2.05) is 6.20 Å². The molecule has 1 aromatic heterocycles. The summed E-state index contributed by atoms with van der Waals surface area (Å²) in [5.74, 6) is 0. The Morgan fingerprint density at radius 1 is 1.15 bits per heavy atom. The predicted molar refractivity (Wildman–Crippen MR) is 80.2 cm³/mol. The zero-order chi connectivity index (χ0) is 13.6. The van der Waals surface area contributed by atoms with Gasteiger partial charge in [-0.1, -0.05) is 30.3 Å². The monoisotopic (exact) mass is 270 g/mol. The smallest absolute Gasteiger partial charge is 0.0492 e. The van der Waals surface area contributed by atoms with Gasteiger partial charge in [-0.3, -0.25) is 10.00 Å². The van der Waals surface area contributed by atoms with Crippen molar-refractivity contribution in [2.75, 3.05) is 13.1 Å². The van der Waals surface area contributed by atoms with Gasteiger partial charge in [0.2, 0.25) is 0 Å². The topological polar surface area (TPSA) is 44.0 Å². The Morgan fingerprint density at radius 2 is 1.95 bits per heavy atom. The van der Waals surface area contributed by atoms with E-state index in [4.69, 9.17) is 0 Å². The van der Waals surface area contributed by atoms with E-state index >= 15 is 0 Å². The van der Waals surface area contributed by atoms with E-state index in [1.165, 1.54) is 24.1 Å². The van der Waals surface area contributed by atoms with Crippen LogP contribution in [-0.2, 0) is 13.1 Å². The van der Waals surface area contributed by atoms with Crippen LogP contribution in [0.3, 0.4) is 0 Å². The number of rotatable bonds is 5. The molecule has 0 aliphatic carbocycles. The van der Waals surface area contributed by atoms with Crippen LogP contribution in [-0.4, -0.2) is 34.2 Å². The van der Waals surface area contributed by atoms with Crippen molar-refractivity contribution in [3.63, 3.8) is 0 Å². The molecule has 2 N–H and O–H groups in total. The lowest BCUT2D eigenvalue weighted by atomic mass is 10.0. The summed E-state index contributed by atoms with van der Waals surface area (Å²) in [4.78, 5) is 2.49. The molecule has 0 saturated carbocycles. The Hall–Kier alpha value is -1.65. The SMILES string of the molecule is c1ccc(CNC2CCN(Cc3ccn[nH]3)CC2)cc1. The minimum Gasteiger partial charge on any atom is -0.310 e. The van der Waals surface area contributed by atoms with Crippen molar-refractivity contribution in [2.45, 2.75) is 32.0 Å². The van der Waals surface area contributed by atoms with Crippen molar-refractivity contribution in [3.05, 3.63) is 53.9 Å². The van der Waals surface area contributed by atoms with Crippen LogP contribution >= 0.6 is 0 Å². The number of hydrogen-bond acceptors (Lipinski definition) is 3. The predicted octanol–water partition coefficient (Wildman–Crippen LogP) is 2.16. The van der Waals surface area contributed by atoms with Crippen molar-refractivity contribution in [1.82, 2.24) is 20.4 Å². The lowest BCUT2D eigenvalue weighted by Gasteiger charge is -2.32. The van der Waals surface area contributed by atoms with E-state index in [1.54, 1.807) is 0 Å². The normalized spacial score (nSPS) is 17.4. The molecule has 1 aromatic carbocycles. The summed E-state index contributed by atoms with van der Waals surface area (Å²) in [5, 5.41) is 10.7. The average Bonchev–Trinajstić information content (AvgIpc) is 3.01. The number of nitrogens with zero attached hydrogens (tertiary/aromatic N) is 2. The molecule has 20 heavy (non-hydrogen) atoms. The Morgan fingerprint density at radius 3 is 2.65 bits per heavy atom. The molecule has 2 aromatic rings. The molecule has 3 rings (SSSR count). The Balaban J connectivity index is 1.40. The highest BCUT2D eigenvalue weighted by Gasteiger charge is 2.18. The molecular formula is C16H22N4. The second-order valence-electron chi connectivity index (χ2n) is 5.50. The summed E-state index contributed by atoms with van der Waals surface area (Å²) in [5.41, 5.74) is 2.58. The summed E-state index contributed by atoms with van der Waals surface area (Å²) >= 11 is 0. The molecule has 0 bridgehead atoms. The van der Waals surface area contributed by atoms with Crippen LogP contribution in [0.25, 0.3) is 0 Å². The van der Waals surface area contributed by atoms with Crippen LogP contribution in [0, 0.1) is 0 Å². The third kappa shape index (κ3) is 3.68. The van der Waals surface area contributed by atoms with E-state index in [0.717, 1.165) is 26.2 Å². The van der Waals surface area contributed by atoms with E-state index in [2.05, 4.69) is 56.8 Å². The van der Waals surface area contributed by atoms with Gasteiger partial charge in [0, 0.05) is 44.1 Å². The molecule has 1 aliphatic heterocycles. The lowest BCUT2D eigenvalue weighted by molar-refractivity contribution is 0.188. The van der Waals surface area contributed by atoms with Gasteiger partial charge in [-0.2, -0.15) is 5.10 Å². The van der Waals surface area contributed by atoms with E-state index < -0.39 is 0 Å². The van der Waals surface area contributed by atoms with Crippen molar-refractivity contribution < 1.29 is 0 Å². The number of aromatic amines is 1. The first-order valence-electron chi connectivity index (χ1n) is 7.38. The fourth-order valence-corrected chi connectivity index (χ4v) is 2.77. The third-order valence-electron chi connectivity index (χ3n) is 3.98. The summed E-state index contributed by atoms with van der Waals surface area (Å²) in [6.07, 6.45) is 4.27. The van der Waals surface area contributed by atoms with Crippen LogP contribution in [0.15, 0.2) is 42.6 Å². The average molecular weight is 270 g/mol. The van der Waals surface area contributed by atoms with Gasteiger partial charge < -0.3 is 5.32 Å². The summed E-state index contributed by atoms with van der Waals surface area (Å²) in [6, 6.07) is 13.3. The first kappa shape index (κ1) is 13.3. The molecule has 2 heterocycles. The van der Waals surface area contributed by atoms with Crippen LogP contribution in [0.2, 0.25) is 0 Å². The van der Waals surface area contributed by atoms with Crippen molar-refractivity contribution >= 4 is 0 Å². The maximum atomic E-state index is 4.00. The van der Waals surface area contributed by atoms with E-state index in [0.29, 0.717) is 6.04 Å². The highest BCUT2D eigenvalue weighted by molar-refractivity contribution is 5.14. The van der Waals surface area contributed by atoms with Gasteiger partial charge >= 0.3 is 0 Å². The summed E-state index contributed by atoms with van der Waals surface area (Å²) in [7, 11) is 0. The Kier molecular flexibility index (Phi) is 4.46. The zero-order valence-corrected chi connectivity index (χ0v) is 11.8. The number of likely N-dealkylation sites (tertiary alicyclic amines) is 1. The maximum Gasteiger partial charge on any atom is 0.0492 e. The number of hydrogen-bond donors (Lipinski definition) is 2. The largest absolute Gasteiger partial charge is 0.310 e. The van der Waals surface area contributed by atoms with Crippen molar-refractivity contribution in [3.8, 4) is 0 Å². The summed E-state index contributed by atoms with van der Waals surface area (Å²) in [6.45, 7) is 4.29. The molecule has 0 spiro atoms. The fraction of sp³-hybridized carbons (Fsp3) is 0.438. The highest BCUT2D eigenvalue weighted by Crippen LogP contribution is 2.13. The highest BCUT2D eigenvalue weighted by atomic mass is 15.2. The van der Waals surface area contributed by atoms with Gasteiger partial charge in [0.25, 0.3) is 0 Å². The molecule has 106 valence electrons. The molecule has 4 nitrogen and oxygen atoms in total. The quantitative estimate of drug-likeness (QED) is 0.875. The van der Waals surface area contributed by atoms with Gasteiger partial charge in [0.15, 0.2) is 0 Å². The molecular weight excluding hydrogens is 248 g/mol. The minimum absolute atomic E-state index is 0.647. The maximum absolute atomic E-state index is 4.00. The third-order valence-corrected chi connectivity index (χ3v) is 3.98. The first-order valence-corrected chi connectivity index (χ1v) is 7.38. The second-order valence-corrected chi connectivity index (χ2v) is 5.50. The number of piperidine rings is 1. The van der Waals surface area contributed by atoms with Crippen molar-refractivity contribution in [1.29, 1.82) is 0 Å². The van der Waals surface area contributed by atoms with Crippen LogP contribution < -0.4 is 5.32 Å². The van der Waals surface area contributed by atoms with Gasteiger partial charge in [-0.15, -0.1) is 0 Å². The van der Waals surface area contributed by atoms with Crippen LogP contribution in [0.5, 0.6) is 0 Å². The van der Waals surface area contributed by atoms with Crippen molar-refractivity contribution in [2.24, 2.45) is 0 Å². The molecule has 0 amide bonds. The number of H-pyrrole nitrogens is 1. The molecule has 0 atom stereocenters. The second kappa shape index (κ2) is 6.68. The van der Waals surface area contributed by atoms with Gasteiger partial charge in [-0.05, 0) is 24.5 Å². The molecule has 4 heteroatoms. The standard InChI is InChI=1S/C16H22N4/c1-2-4-14(5-3-1)12-17-15-7-10-20(11-8-15)13-16-6-9-18-19-16/h1-6,9,15,17H,7-8,10-13H2,(H,18,19). The molecule has 1 fully saturated rings. The number of nitrogens with one attached hydrogen (secondary N) is 2. The van der Waals surface area contributed by atoms with Crippen LogP contribution in [0.4, 0.5) is 0 Å². The summed E-state index contributed by atoms with van der Waals surface area (Å²) < 4.78 is 0. The van der Waals surface area contributed by atoms with E-state index in [-0.39, 0.29) is 0 Å². The lowest BCUT2D eigenvalue weighted by Crippen LogP contribution is -2.41. The molecule has 0 unspecified atom stereocenters. The van der Waals surface area contributed by atoms with E-state index in [9.17, 15) is 0 Å². The van der Waals surface area contributed by atoms with Gasteiger partial charge in [-0.25, -0.2) is 0 Å². The number of benzene rings is 1.